The molecule has 0 radical (unpaired) electrons. The van der Waals surface area contributed by atoms with Gasteiger partial charge < -0.3 is 15.0 Å². The van der Waals surface area contributed by atoms with E-state index >= 15 is 4.39 Å². The van der Waals surface area contributed by atoms with Gasteiger partial charge in [-0.1, -0.05) is 30.3 Å². The zero-order valence-corrected chi connectivity index (χ0v) is 16.1. The van der Waals surface area contributed by atoms with Crippen LogP contribution in [0.5, 0.6) is 0 Å². The van der Waals surface area contributed by atoms with E-state index in [1.54, 1.807) is 16.2 Å². The average Bonchev–Trinajstić information content (AvgIpc) is 3.27. The van der Waals surface area contributed by atoms with Crippen LogP contribution in [0.1, 0.15) is 36.3 Å². The molecule has 1 N–H and O–H groups in total. The first kappa shape index (κ1) is 18.4. The Morgan fingerprint density at radius 3 is 2.74 bits per heavy atom. The van der Waals surface area contributed by atoms with Crippen LogP contribution in [0, 0.1) is 0 Å². The van der Waals surface area contributed by atoms with Gasteiger partial charge >= 0.3 is 6.09 Å². The molecule has 1 aliphatic carbocycles. The molecule has 1 aliphatic heterocycles. The SMILES string of the molecule is O=C(OCc1ccccc1)N1CCC(F)(CNC2CC2c2ccsc2)CC1. The first-order valence-electron chi connectivity index (χ1n) is 9.53. The number of likely N-dealkylation sites (tertiary alicyclic amines) is 1. The molecule has 2 unspecified atom stereocenters. The number of thiophene rings is 1. The van der Waals surface area contributed by atoms with Crippen molar-refractivity contribution in [1.82, 2.24) is 10.2 Å². The highest BCUT2D eigenvalue weighted by molar-refractivity contribution is 7.08. The molecular weight excluding hydrogens is 363 g/mol. The van der Waals surface area contributed by atoms with Crippen molar-refractivity contribution < 1.29 is 13.9 Å². The fourth-order valence-corrected chi connectivity index (χ4v) is 4.39. The number of hydrogen-bond donors (Lipinski definition) is 1. The van der Waals surface area contributed by atoms with Gasteiger partial charge in [0.05, 0.1) is 0 Å². The van der Waals surface area contributed by atoms with E-state index in [9.17, 15) is 4.79 Å². The van der Waals surface area contributed by atoms with Crippen molar-refractivity contribution in [1.29, 1.82) is 0 Å². The lowest BCUT2D eigenvalue weighted by molar-refractivity contribution is 0.0408. The van der Waals surface area contributed by atoms with Gasteiger partial charge in [0.25, 0.3) is 0 Å². The highest BCUT2D eigenvalue weighted by atomic mass is 32.1. The normalized spacial score (nSPS) is 23.8. The van der Waals surface area contributed by atoms with Crippen molar-refractivity contribution in [2.75, 3.05) is 19.6 Å². The molecule has 2 atom stereocenters. The number of benzene rings is 1. The molecule has 2 aromatic rings. The van der Waals surface area contributed by atoms with Crippen LogP contribution in [0.15, 0.2) is 47.2 Å². The van der Waals surface area contributed by atoms with E-state index in [1.807, 2.05) is 30.3 Å². The third-order valence-corrected chi connectivity index (χ3v) is 6.27. The Kier molecular flexibility index (Phi) is 5.45. The molecular formula is C21H25FN2O2S. The van der Waals surface area contributed by atoms with Gasteiger partial charge in [0, 0.05) is 44.4 Å². The number of carbonyl (C=O) groups is 1. The van der Waals surface area contributed by atoms with Crippen LogP contribution in [-0.4, -0.2) is 42.3 Å². The summed E-state index contributed by atoms with van der Waals surface area (Å²) < 4.78 is 20.4. The number of nitrogens with one attached hydrogen (secondary N) is 1. The Morgan fingerprint density at radius 1 is 1.26 bits per heavy atom. The van der Waals surface area contributed by atoms with Crippen molar-refractivity contribution in [3.8, 4) is 0 Å². The highest BCUT2D eigenvalue weighted by Gasteiger charge is 2.42. The van der Waals surface area contributed by atoms with E-state index in [1.165, 1.54) is 5.56 Å². The molecule has 2 fully saturated rings. The lowest BCUT2D eigenvalue weighted by Crippen LogP contribution is -2.49. The van der Waals surface area contributed by atoms with Crippen LogP contribution in [0.4, 0.5) is 9.18 Å². The summed E-state index contributed by atoms with van der Waals surface area (Å²) >= 11 is 1.71. The van der Waals surface area contributed by atoms with E-state index in [0.717, 1.165) is 12.0 Å². The van der Waals surface area contributed by atoms with E-state index < -0.39 is 5.67 Å². The Morgan fingerprint density at radius 2 is 2.04 bits per heavy atom. The predicted octanol–water partition coefficient (Wildman–Crippen LogP) is 4.33. The van der Waals surface area contributed by atoms with Crippen LogP contribution < -0.4 is 5.32 Å². The molecule has 6 heteroatoms. The quantitative estimate of drug-likeness (QED) is 0.801. The van der Waals surface area contributed by atoms with Gasteiger partial charge in [-0.2, -0.15) is 11.3 Å². The predicted molar refractivity (Wildman–Crippen MR) is 105 cm³/mol. The first-order valence-corrected chi connectivity index (χ1v) is 10.5. The van der Waals surface area contributed by atoms with Gasteiger partial charge in [0.1, 0.15) is 12.3 Å². The summed E-state index contributed by atoms with van der Waals surface area (Å²) in [4.78, 5) is 13.8. The second-order valence-corrected chi connectivity index (χ2v) is 8.34. The molecule has 0 spiro atoms. The molecule has 1 aromatic heterocycles. The summed E-state index contributed by atoms with van der Waals surface area (Å²) in [5.74, 6) is 0.535. The van der Waals surface area contributed by atoms with Crippen LogP contribution in [-0.2, 0) is 11.3 Å². The number of halogens is 1. The largest absolute Gasteiger partial charge is 0.445 e. The minimum absolute atomic E-state index is 0.254. The molecule has 4 rings (SSSR count). The summed E-state index contributed by atoms with van der Waals surface area (Å²) in [6.45, 7) is 1.43. The Balaban J connectivity index is 1.18. The van der Waals surface area contributed by atoms with Crippen LogP contribution in [0.25, 0.3) is 0 Å². The minimum atomic E-state index is -1.24. The molecule has 144 valence electrons. The maximum atomic E-state index is 15.1. The number of alkyl halides is 1. The van der Waals surface area contributed by atoms with E-state index in [2.05, 4.69) is 22.1 Å². The molecule has 1 saturated heterocycles. The fraction of sp³-hybridized carbons (Fsp3) is 0.476. The third kappa shape index (κ3) is 4.68. The average molecular weight is 389 g/mol. The van der Waals surface area contributed by atoms with Crippen molar-refractivity contribution in [2.45, 2.75) is 43.5 Å². The molecule has 2 heterocycles. The summed E-state index contributed by atoms with van der Waals surface area (Å²) in [6, 6.07) is 12.1. The molecule has 1 saturated carbocycles. The second kappa shape index (κ2) is 7.98. The highest BCUT2D eigenvalue weighted by Crippen LogP contribution is 2.42. The van der Waals surface area contributed by atoms with E-state index in [0.29, 0.717) is 44.4 Å². The maximum Gasteiger partial charge on any atom is 0.410 e. The zero-order chi connectivity index (χ0) is 18.7. The molecule has 27 heavy (non-hydrogen) atoms. The standard InChI is InChI=1S/C21H25FN2O2S/c22-21(15-23-19-12-18(19)17-6-11-27-14-17)7-9-24(10-8-21)20(25)26-13-16-4-2-1-3-5-16/h1-6,11,14,18-19,23H,7-10,12-13,15H2. The van der Waals surface area contributed by atoms with Crippen molar-refractivity contribution in [3.05, 3.63) is 58.3 Å². The van der Waals surface area contributed by atoms with E-state index in [-0.39, 0.29) is 12.7 Å². The Labute approximate surface area is 163 Å². The molecule has 0 bridgehead atoms. The fourth-order valence-electron chi connectivity index (χ4n) is 3.67. The van der Waals surface area contributed by atoms with Crippen LogP contribution >= 0.6 is 11.3 Å². The van der Waals surface area contributed by atoms with Crippen molar-refractivity contribution in [2.24, 2.45) is 0 Å². The Bertz CT molecular complexity index is 745. The van der Waals surface area contributed by atoms with Gasteiger partial charge in [0.2, 0.25) is 0 Å². The van der Waals surface area contributed by atoms with Gasteiger partial charge in [-0.15, -0.1) is 0 Å². The Hall–Kier alpha value is -1.92. The van der Waals surface area contributed by atoms with Crippen molar-refractivity contribution >= 4 is 17.4 Å². The number of amides is 1. The summed E-state index contributed by atoms with van der Waals surface area (Å²) in [6.07, 6.45) is 1.45. The van der Waals surface area contributed by atoms with Crippen molar-refractivity contribution in [3.63, 3.8) is 0 Å². The first-order chi connectivity index (χ1) is 13.1. The number of rotatable bonds is 6. The topological polar surface area (TPSA) is 41.6 Å². The summed E-state index contributed by atoms with van der Waals surface area (Å²) in [5, 5.41) is 7.66. The molecule has 1 aromatic carbocycles. The number of ether oxygens (including phenoxy) is 1. The van der Waals surface area contributed by atoms with Gasteiger partial charge in [-0.25, -0.2) is 9.18 Å². The van der Waals surface area contributed by atoms with E-state index in [4.69, 9.17) is 4.74 Å². The minimum Gasteiger partial charge on any atom is -0.445 e. The van der Waals surface area contributed by atoms with Crippen LogP contribution in [0.3, 0.4) is 0 Å². The monoisotopic (exact) mass is 388 g/mol. The number of piperidine rings is 1. The zero-order valence-electron chi connectivity index (χ0n) is 15.3. The lowest BCUT2D eigenvalue weighted by atomic mass is 9.93. The molecule has 4 nitrogen and oxygen atoms in total. The van der Waals surface area contributed by atoms with Gasteiger partial charge in [0.15, 0.2) is 0 Å². The number of nitrogens with zero attached hydrogens (tertiary/aromatic N) is 1. The third-order valence-electron chi connectivity index (χ3n) is 5.57. The lowest BCUT2D eigenvalue weighted by Gasteiger charge is -2.36. The summed E-state index contributed by atoms with van der Waals surface area (Å²) in [7, 11) is 0. The molecule has 2 aliphatic rings. The van der Waals surface area contributed by atoms with Gasteiger partial charge in [-0.3, -0.25) is 0 Å². The maximum absolute atomic E-state index is 15.1. The summed E-state index contributed by atoms with van der Waals surface area (Å²) in [5.41, 5.74) is 1.08. The van der Waals surface area contributed by atoms with Crippen LogP contribution in [0.2, 0.25) is 0 Å². The smallest absolute Gasteiger partial charge is 0.410 e. The number of hydrogen-bond acceptors (Lipinski definition) is 4. The number of carbonyl (C=O) groups excluding carboxylic acids is 1. The van der Waals surface area contributed by atoms with Gasteiger partial charge in [-0.05, 0) is 34.4 Å². The molecule has 1 amide bonds. The second-order valence-electron chi connectivity index (χ2n) is 7.56.